The molecular weight excluding hydrogens is 270 g/mol. The Kier molecular flexibility index (Phi) is 4.29. The summed E-state index contributed by atoms with van der Waals surface area (Å²) in [6.07, 6.45) is 6.49. The number of rotatable bonds is 4. The first-order chi connectivity index (χ1) is 9.70. The number of hydrogen-bond donors (Lipinski definition) is 1. The van der Waals surface area contributed by atoms with E-state index in [-0.39, 0.29) is 0 Å². The number of aromatic nitrogens is 1. The molecule has 1 spiro atoms. The van der Waals surface area contributed by atoms with E-state index in [4.69, 9.17) is 4.74 Å². The molecule has 0 bridgehead atoms. The first-order valence-corrected chi connectivity index (χ1v) is 8.50. The third-order valence-electron chi connectivity index (χ3n) is 4.85. The Morgan fingerprint density at radius 3 is 2.90 bits per heavy atom. The fourth-order valence-electron chi connectivity index (χ4n) is 3.64. The van der Waals surface area contributed by atoms with Gasteiger partial charge >= 0.3 is 0 Å². The van der Waals surface area contributed by atoms with Crippen LogP contribution in [0.3, 0.4) is 0 Å². The molecule has 1 aliphatic carbocycles. The van der Waals surface area contributed by atoms with Crippen molar-refractivity contribution < 1.29 is 4.74 Å². The van der Waals surface area contributed by atoms with Crippen LogP contribution in [0.1, 0.15) is 37.8 Å². The van der Waals surface area contributed by atoms with Crippen LogP contribution in [-0.4, -0.2) is 38.3 Å². The van der Waals surface area contributed by atoms with E-state index < -0.39 is 0 Å². The molecule has 1 aliphatic heterocycles. The van der Waals surface area contributed by atoms with Gasteiger partial charge in [0.15, 0.2) is 5.13 Å². The van der Waals surface area contributed by atoms with Gasteiger partial charge in [-0.15, -0.1) is 11.3 Å². The lowest BCUT2D eigenvalue weighted by Gasteiger charge is -2.39. The molecule has 112 valence electrons. The van der Waals surface area contributed by atoms with Crippen molar-refractivity contribution in [1.82, 2.24) is 10.3 Å². The second kappa shape index (κ2) is 6.00. The van der Waals surface area contributed by atoms with E-state index in [0.29, 0.717) is 11.5 Å². The molecule has 1 saturated carbocycles. The summed E-state index contributed by atoms with van der Waals surface area (Å²) in [5.74, 6) is 0. The second-order valence-corrected chi connectivity index (χ2v) is 7.15. The number of anilines is 1. The quantitative estimate of drug-likeness (QED) is 0.926. The van der Waals surface area contributed by atoms with E-state index in [1.807, 2.05) is 14.1 Å². The fraction of sp³-hybridized carbons (Fsp3) is 0.800. The summed E-state index contributed by atoms with van der Waals surface area (Å²) in [5.41, 5.74) is 1.67. The summed E-state index contributed by atoms with van der Waals surface area (Å²) >= 11 is 1.72. The van der Waals surface area contributed by atoms with Crippen LogP contribution in [0.25, 0.3) is 0 Å². The Balaban J connectivity index is 1.59. The fourth-order valence-corrected chi connectivity index (χ4v) is 4.40. The van der Waals surface area contributed by atoms with Crippen molar-refractivity contribution in [3.8, 4) is 0 Å². The van der Waals surface area contributed by atoms with Gasteiger partial charge in [0.25, 0.3) is 0 Å². The highest BCUT2D eigenvalue weighted by atomic mass is 32.1. The van der Waals surface area contributed by atoms with Gasteiger partial charge in [0.2, 0.25) is 0 Å². The average molecular weight is 295 g/mol. The van der Waals surface area contributed by atoms with Crippen LogP contribution < -0.4 is 10.2 Å². The topological polar surface area (TPSA) is 37.4 Å². The Hall–Kier alpha value is -0.650. The predicted octanol–water partition coefficient (Wildman–Crippen LogP) is 2.65. The van der Waals surface area contributed by atoms with Gasteiger partial charge in [-0.2, -0.15) is 0 Å². The first kappa shape index (κ1) is 14.3. The molecular formula is C15H25N3OS. The zero-order valence-corrected chi connectivity index (χ0v) is 13.3. The van der Waals surface area contributed by atoms with Crippen LogP contribution in [-0.2, 0) is 11.3 Å². The Bertz CT molecular complexity index is 440. The SMILES string of the molecule is CN(C)c1nc(CN[C@@H]2CCCC23CCOCC3)cs1. The van der Waals surface area contributed by atoms with Gasteiger partial charge in [-0.1, -0.05) is 6.42 Å². The summed E-state index contributed by atoms with van der Waals surface area (Å²) in [7, 11) is 4.09. The maximum absolute atomic E-state index is 5.55. The van der Waals surface area contributed by atoms with Crippen molar-refractivity contribution in [2.24, 2.45) is 5.41 Å². The molecule has 3 rings (SSSR count). The minimum absolute atomic E-state index is 0.499. The normalized spacial score (nSPS) is 25.2. The van der Waals surface area contributed by atoms with Crippen molar-refractivity contribution >= 4 is 16.5 Å². The Morgan fingerprint density at radius 1 is 1.40 bits per heavy atom. The zero-order valence-electron chi connectivity index (χ0n) is 12.5. The van der Waals surface area contributed by atoms with Crippen LogP contribution >= 0.6 is 11.3 Å². The standard InChI is InChI=1S/C15H25N3OS/c1-18(2)14-17-12(11-20-14)10-16-13-4-3-5-15(13)6-8-19-9-7-15/h11,13,16H,3-10H2,1-2H3/t13-/m1/s1. The number of hydrogen-bond acceptors (Lipinski definition) is 5. The largest absolute Gasteiger partial charge is 0.381 e. The highest BCUT2D eigenvalue weighted by molar-refractivity contribution is 7.13. The smallest absolute Gasteiger partial charge is 0.185 e. The van der Waals surface area contributed by atoms with Crippen LogP contribution in [0.15, 0.2) is 5.38 Å². The molecule has 0 aromatic carbocycles. The summed E-state index contributed by atoms with van der Waals surface area (Å²) in [4.78, 5) is 6.73. The third-order valence-corrected chi connectivity index (χ3v) is 5.90. The lowest BCUT2D eigenvalue weighted by atomic mass is 9.75. The van der Waals surface area contributed by atoms with Crippen LogP contribution in [0.5, 0.6) is 0 Å². The van der Waals surface area contributed by atoms with Crippen LogP contribution in [0.4, 0.5) is 5.13 Å². The molecule has 20 heavy (non-hydrogen) atoms. The van der Waals surface area contributed by atoms with Gasteiger partial charge in [-0.05, 0) is 31.1 Å². The van der Waals surface area contributed by atoms with E-state index in [9.17, 15) is 0 Å². The lowest BCUT2D eigenvalue weighted by molar-refractivity contribution is 0.00411. The lowest BCUT2D eigenvalue weighted by Crippen LogP contribution is -2.44. The highest BCUT2D eigenvalue weighted by Gasteiger charge is 2.43. The van der Waals surface area contributed by atoms with Gasteiger partial charge in [-0.3, -0.25) is 0 Å². The molecule has 2 heterocycles. The van der Waals surface area contributed by atoms with E-state index >= 15 is 0 Å². The van der Waals surface area contributed by atoms with Gasteiger partial charge in [0, 0.05) is 45.3 Å². The highest BCUT2D eigenvalue weighted by Crippen LogP contribution is 2.46. The molecule has 5 heteroatoms. The second-order valence-electron chi connectivity index (χ2n) is 6.32. The van der Waals surface area contributed by atoms with Crippen molar-refractivity contribution in [2.75, 3.05) is 32.2 Å². The molecule has 0 unspecified atom stereocenters. The molecule has 1 N–H and O–H groups in total. The van der Waals surface area contributed by atoms with E-state index in [2.05, 4.69) is 20.6 Å². The van der Waals surface area contributed by atoms with Crippen molar-refractivity contribution in [3.63, 3.8) is 0 Å². The predicted molar refractivity (Wildman–Crippen MR) is 83.4 cm³/mol. The summed E-state index contributed by atoms with van der Waals surface area (Å²) in [6, 6.07) is 0.649. The van der Waals surface area contributed by atoms with E-state index in [1.54, 1.807) is 11.3 Å². The molecule has 4 nitrogen and oxygen atoms in total. The average Bonchev–Trinajstić information content (AvgIpc) is 3.05. The minimum Gasteiger partial charge on any atom is -0.381 e. The molecule has 0 radical (unpaired) electrons. The van der Waals surface area contributed by atoms with Crippen molar-refractivity contribution in [2.45, 2.75) is 44.7 Å². The molecule has 2 aliphatic rings. The van der Waals surface area contributed by atoms with Crippen LogP contribution in [0.2, 0.25) is 0 Å². The monoisotopic (exact) mass is 295 g/mol. The molecule has 1 saturated heterocycles. The van der Waals surface area contributed by atoms with E-state index in [1.165, 1.54) is 37.8 Å². The summed E-state index contributed by atoms with van der Waals surface area (Å²) in [5, 5.41) is 7.05. The van der Waals surface area contributed by atoms with Gasteiger partial charge < -0.3 is 15.0 Å². The van der Waals surface area contributed by atoms with Crippen molar-refractivity contribution in [1.29, 1.82) is 0 Å². The number of nitrogens with zero attached hydrogens (tertiary/aromatic N) is 2. The maximum atomic E-state index is 5.55. The first-order valence-electron chi connectivity index (χ1n) is 7.62. The van der Waals surface area contributed by atoms with Crippen molar-refractivity contribution in [3.05, 3.63) is 11.1 Å². The summed E-state index contributed by atoms with van der Waals surface area (Å²) in [6.45, 7) is 2.79. The number of nitrogens with one attached hydrogen (secondary N) is 1. The molecule has 1 aromatic rings. The molecule has 2 fully saturated rings. The van der Waals surface area contributed by atoms with Crippen LogP contribution in [0, 0.1) is 5.41 Å². The third kappa shape index (κ3) is 2.85. The summed E-state index contributed by atoms with van der Waals surface area (Å²) < 4.78 is 5.55. The molecule has 0 amide bonds. The number of thiazole rings is 1. The zero-order chi connectivity index (χ0) is 14.0. The van der Waals surface area contributed by atoms with Gasteiger partial charge in [0.05, 0.1) is 5.69 Å². The molecule has 1 aromatic heterocycles. The number of ether oxygens (including phenoxy) is 1. The molecule has 1 atom stereocenters. The maximum Gasteiger partial charge on any atom is 0.185 e. The van der Waals surface area contributed by atoms with E-state index in [0.717, 1.165) is 24.9 Å². The van der Waals surface area contributed by atoms with Gasteiger partial charge in [-0.25, -0.2) is 4.98 Å². The Morgan fingerprint density at radius 2 is 2.20 bits per heavy atom. The Labute approximate surface area is 125 Å². The van der Waals surface area contributed by atoms with Gasteiger partial charge in [0.1, 0.15) is 0 Å². The minimum atomic E-state index is 0.499.